The number of thiazole rings is 1. The van der Waals surface area contributed by atoms with E-state index in [-0.39, 0.29) is 22.9 Å². The van der Waals surface area contributed by atoms with Gasteiger partial charge in [-0.15, -0.1) is 21.5 Å². The van der Waals surface area contributed by atoms with Gasteiger partial charge in [-0.2, -0.15) is 0 Å². The number of hydrogen-bond donors (Lipinski definition) is 1. The summed E-state index contributed by atoms with van der Waals surface area (Å²) in [6.45, 7) is 0.457. The number of halogens is 2. The van der Waals surface area contributed by atoms with Crippen molar-refractivity contribution in [2.24, 2.45) is 0 Å². The largest absolute Gasteiger partial charge is 0.467 e. The van der Waals surface area contributed by atoms with Gasteiger partial charge in [-0.3, -0.25) is 4.79 Å². The molecule has 0 atom stereocenters. The minimum Gasteiger partial charge on any atom is -0.467 e. The Morgan fingerprint density at radius 1 is 1.31 bits per heavy atom. The van der Waals surface area contributed by atoms with Gasteiger partial charge in [0, 0.05) is 10.9 Å². The maximum absolute atomic E-state index is 13.9. The number of nitrogens with zero attached hydrogens (tertiary/aromatic N) is 4. The lowest BCUT2D eigenvalue weighted by Gasteiger charge is -2.04. The number of benzene rings is 1. The van der Waals surface area contributed by atoms with Crippen molar-refractivity contribution in [1.29, 1.82) is 0 Å². The van der Waals surface area contributed by atoms with Crippen LogP contribution in [-0.4, -0.2) is 31.4 Å². The Balaban J connectivity index is 1.36. The Morgan fingerprint density at radius 3 is 3.03 bits per heavy atom. The Hall–Kier alpha value is -3.05. The molecule has 4 rings (SSSR count). The predicted octanol–water partition coefficient (Wildman–Crippen LogP) is 4.05. The van der Waals surface area contributed by atoms with Gasteiger partial charge in [-0.05, 0) is 30.3 Å². The first-order chi connectivity index (χ1) is 14.1. The predicted molar refractivity (Wildman–Crippen MR) is 105 cm³/mol. The van der Waals surface area contributed by atoms with Gasteiger partial charge in [-0.1, -0.05) is 11.8 Å². The fourth-order valence-electron chi connectivity index (χ4n) is 2.47. The van der Waals surface area contributed by atoms with E-state index in [2.05, 4.69) is 20.5 Å². The summed E-state index contributed by atoms with van der Waals surface area (Å²) in [4.78, 5) is 16.4. The number of furan rings is 1. The Labute approximate surface area is 171 Å². The van der Waals surface area contributed by atoms with Crippen LogP contribution in [-0.2, 0) is 11.3 Å². The molecule has 3 aromatic heterocycles. The highest BCUT2D eigenvalue weighted by atomic mass is 32.2. The fourth-order valence-corrected chi connectivity index (χ4v) is 3.91. The van der Waals surface area contributed by atoms with E-state index in [0.29, 0.717) is 16.8 Å². The van der Waals surface area contributed by atoms with Crippen LogP contribution in [0.2, 0.25) is 0 Å². The van der Waals surface area contributed by atoms with Gasteiger partial charge in [-0.25, -0.2) is 13.8 Å². The van der Waals surface area contributed by atoms with E-state index >= 15 is 0 Å². The van der Waals surface area contributed by atoms with Crippen molar-refractivity contribution in [2.75, 3.05) is 11.1 Å². The number of amides is 1. The molecule has 11 heteroatoms. The molecule has 0 aliphatic carbocycles. The molecule has 148 valence electrons. The standard InChI is InChI=1S/C18H13F2N5O2S2/c19-11-3-4-14(20)13(6-11)15-8-28-17(22-15)23-16(26)9-29-18-24-21-10-25(18)7-12-2-1-5-27-12/h1-6,8,10H,7,9H2,(H,22,23,26). The zero-order valence-corrected chi connectivity index (χ0v) is 16.3. The third-order valence-electron chi connectivity index (χ3n) is 3.77. The number of aromatic nitrogens is 4. The van der Waals surface area contributed by atoms with Crippen LogP contribution >= 0.6 is 23.1 Å². The molecule has 1 aromatic carbocycles. The van der Waals surface area contributed by atoms with Gasteiger partial charge in [0.05, 0.1) is 24.3 Å². The van der Waals surface area contributed by atoms with Crippen molar-refractivity contribution >= 4 is 34.1 Å². The first-order valence-corrected chi connectivity index (χ1v) is 10.2. The van der Waals surface area contributed by atoms with Crippen LogP contribution in [0.25, 0.3) is 11.3 Å². The summed E-state index contributed by atoms with van der Waals surface area (Å²) in [5.41, 5.74) is 0.301. The third-order valence-corrected chi connectivity index (χ3v) is 5.51. The Kier molecular flexibility index (Phi) is 5.67. The van der Waals surface area contributed by atoms with E-state index < -0.39 is 11.6 Å². The number of nitrogens with one attached hydrogen (secondary N) is 1. The number of rotatable bonds is 7. The van der Waals surface area contributed by atoms with Crippen molar-refractivity contribution in [1.82, 2.24) is 19.7 Å². The molecule has 0 fully saturated rings. The van der Waals surface area contributed by atoms with Crippen LogP contribution in [0, 0.1) is 11.6 Å². The van der Waals surface area contributed by atoms with Gasteiger partial charge in [0.2, 0.25) is 5.91 Å². The average molecular weight is 433 g/mol. The van der Waals surface area contributed by atoms with Gasteiger partial charge in [0.1, 0.15) is 23.7 Å². The highest BCUT2D eigenvalue weighted by molar-refractivity contribution is 7.99. The molecule has 0 spiro atoms. The van der Waals surface area contributed by atoms with Gasteiger partial charge in [0.15, 0.2) is 10.3 Å². The zero-order valence-electron chi connectivity index (χ0n) is 14.7. The summed E-state index contributed by atoms with van der Waals surface area (Å²) in [7, 11) is 0. The second-order valence-electron chi connectivity index (χ2n) is 5.82. The van der Waals surface area contributed by atoms with Gasteiger partial charge in [0.25, 0.3) is 0 Å². The molecule has 29 heavy (non-hydrogen) atoms. The first-order valence-electron chi connectivity index (χ1n) is 8.32. The second kappa shape index (κ2) is 8.53. The van der Waals surface area contributed by atoms with Crippen LogP contribution < -0.4 is 5.32 Å². The van der Waals surface area contributed by atoms with E-state index in [1.54, 1.807) is 28.6 Å². The third kappa shape index (κ3) is 4.69. The van der Waals surface area contributed by atoms with Crippen molar-refractivity contribution in [2.45, 2.75) is 11.7 Å². The molecule has 0 unspecified atom stereocenters. The molecule has 0 radical (unpaired) electrons. The summed E-state index contributed by atoms with van der Waals surface area (Å²) < 4.78 is 34.3. The number of hydrogen-bond acceptors (Lipinski definition) is 7. The minimum atomic E-state index is -0.582. The minimum absolute atomic E-state index is 0.0437. The molecular formula is C18H13F2N5O2S2. The lowest BCUT2D eigenvalue weighted by atomic mass is 10.1. The van der Waals surface area contributed by atoms with E-state index in [1.165, 1.54) is 11.8 Å². The van der Waals surface area contributed by atoms with Crippen molar-refractivity contribution in [3.63, 3.8) is 0 Å². The molecule has 0 saturated carbocycles. The van der Waals surface area contributed by atoms with Crippen molar-refractivity contribution in [3.05, 3.63) is 65.7 Å². The molecular weight excluding hydrogens is 420 g/mol. The number of thioether (sulfide) groups is 1. The Bertz CT molecular complexity index is 1130. The lowest BCUT2D eigenvalue weighted by molar-refractivity contribution is -0.113. The molecule has 0 saturated heterocycles. The summed E-state index contributed by atoms with van der Waals surface area (Å²) in [6.07, 6.45) is 3.14. The normalized spacial score (nSPS) is 11.0. The SMILES string of the molecule is O=C(CSc1nncn1Cc1ccco1)Nc1nc(-c2cc(F)ccc2F)cs1. The van der Waals surface area contributed by atoms with Crippen molar-refractivity contribution < 1.29 is 18.0 Å². The van der Waals surface area contributed by atoms with Crippen LogP contribution in [0.4, 0.5) is 13.9 Å². The maximum atomic E-state index is 13.9. The summed E-state index contributed by atoms with van der Waals surface area (Å²) in [5.74, 6) is -0.615. The average Bonchev–Trinajstić information content (AvgIpc) is 3.45. The molecule has 1 N–H and O–H groups in total. The highest BCUT2D eigenvalue weighted by Gasteiger charge is 2.14. The molecule has 7 nitrogen and oxygen atoms in total. The van der Waals surface area contributed by atoms with Crippen LogP contribution in [0.15, 0.2) is 57.9 Å². The molecule has 4 aromatic rings. The zero-order chi connectivity index (χ0) is 20.2. The lowest BCUT2D eigenvalue weighted by Crippen LogP contribution is -2.14. The molecule has 3 heterocycles. The molecule has 1 amide bonds. The van der Waals surface area contributed by atoms with Crippen LogP contribution in [0.1, 0.15) is 5.76 Å². The molecule has 0 aliphatic rings. The number of anilines is 1. The maximum Gasteiger partial charge on any atom is 0.236 e. The first kappa shape index (κ1) is 19.3. The van der Waals surface area contributed by atoms with E-state index in [0.717, 1.165) is 35.3 Å². The van der Waals surface area contributed by atoms with E-state index in [1.807, 2.05) is 6.07 Å². The smallest absolute Gasteiger partial charge is 0.236 e. The van der Waals surface area contributed by atoms with Crippen LogP contribution in [0.5, 0.6) is 0 Å². The molecule has 0 bridgehead atoms. The van der Waals surface area contributed by atoms with E-state index in [4.69, 9.17) is 4.42 Å². The number of carbonyl (C=O) groups excluding carboxylic acids is 1. The molecule has 0 aliphatic heterocycles. The highest BCUT2D eigenvalue weighted by Crippen LogP contribution is 2.28. The van der Waals surface area contributed by atoms with Crippen LogP contribution in [0.3, 0.4) is 0 Å². The second-order valence-corrected chi connectivity index (χ2v) is 7.62. The Morgan fingerprint density at radius 2 is 2.21 bits per heavy atom. The monoisotopic (exact) mass is 433 g/mol. The van der Waals surface area contributed by atoms with E-state index in [9.17, 15) is 13.6 Å². The summed E-state index contributed by atoms with van der Waals surface area (Å²) >= 11 is 2.34. The van der Waals surface area contributed by atoms with Crippen molar-refractivity contribution in [3.8, 4) is 11.3 Å². The topological polar surface area (TPSA) is 85.8 Å². The number of carbonyl (C=O) groups is 1. The quantitative estimate of drug-likeness (QED) is 0.443. The summed E-state index contributed by atoms with van der Waals surface area (Å²) in [6, 6.07) is 6.77. The van der Waals surface area contributed by atoms with Gasteiger partial charge < -0.3 is 14.3 Å². The fraction of sp³-hybridized carbons (Fsp3) is 0.111. The van der Waals surface area contributed by atoms with Gasteiger partial charge >= 0.3 is 0 Å². The summed E-state index contributed by atoms with van der Waals surface area (Å²) in [5, 5.41) is 12.9.